The van der Waals surface area contributed by atoms with E-state index in [1.165, 1.54) is 17.7 Å². The van der Waals surface area contributed by atoms with Gasteiger partial charge in [0, 0.05) is 10.5 Å². The van der Waals surface area contributed by atoms with Gasteiger partial charge in [-0.1, -0.05) is 26.0 Å². The van der Waals surface area contributed by atoms with E-state index >= 15 is 0 Å². The van der Waals surface area contributed by atoms with E-state index in [1.54, 1.807) is 19.1 Å². The molecule has 0 amide bonds. The summed E-state index contributed by atoms with van der Waals surface area (Å²) in [5, 5.41) is 8.98. The Morgan fingerprint density at radius 2 is 1.74 bits per heavy atom. The van der Waals surface area contributed by atoms with Crippen LogP contribution >= 0.6 is 0 Å². The number of aromatic nitrogens is 1. The first-order valence-electron chi connectivity index (χ1n) is 8.63. The third-order valence-electron chi connectivity index (χ3n) is 4.35. The Bertz CT molecular complexity index is 972. The second-order valence-corrected chi connectivity index (χ2v) is 8.07. The molecule has 0 fully saturated rings. The highest BCUT2D eigenvalue weighted by molar-refractivity contribution is 7.84. The molecule has 3 rings (SSSR count). The minimum atomic E-state index is -1.22. The summed E-state index contributed by atoms with van der Waals surface area (Å²) in [6.45, 7) is 6.03. The fourth-order valence-corrected chi connectivity index (χ4v) is 3.78. The van der Waals surface area contributed by atoms with E-state index in [0.29, 0.717) is 28.8 Å². The summed E-state index contributed by atoms with van der Waals surface area (Å²) < 4.78 is 18.4. The summed E-state index contributed by atoms with van der Waals surface area (Å²) in [4.78, 5) is 16.2. The molecule has 1 atom stereocenters. The Balaban J connectivity index is 1.78. The maximum absolute atomic E-state index is 12.7. The monoisotopic (exact) mass is 383 g/mol. The van der Waals surface area contributed by atoms with E-state index in [4.69, 9.17) is 9.52 Å². The van der Waals surface area contributed by atoms with E-state index in [9.17, 15) is 9.00 Å². The molecule has 0 aliphatic carbocycles. The zero-order valence-electron chi connectivity index (χ0n) is 15.4. The zero-order chi connectivity index (χ0) is 19.6. The van der Waals surface area contributed by atoms with Crippen LogP contribution < -0.4 is 0 Å². The third kappa shape index (κ3) is 4.34. The number of rotatable bonds is 6. The SMILES string of the molecule is Cc1oc(-c2ccc(C(=O)O)cc2)nc1CS(=O)c1ccc(C(C)C)cc1. The summed E-state index contributed by atoms with van der Waals surface area (Å²) in [6, 6.07) is 14.1. The van der Waals surface area contributed by atoms with E-state index in [-0.39, 0.29) is 11.3 Å². The van der Waals surface area contributed by atoms with Crippen LogP contribution in [0.15, 0.2) is 57.8 Å². The first-order valence-corrected chi connectivity index (χ1v) is 9.95. The van der Waals surface area contributed by atoms with Crippen molar-refractivity contribution in [3.8, 4) is 11.5 Å². The predicted octanol–water partition coefficient (Wildman–Crippen LogP) is 4.78. The first kappa shape index (κ1) is 19.0. The van der Waals surface area contributed by atoms with Crippen molar-refractivity contribution in [2.24, 2.45) is 0 Å². The number of carboxylic acids is 1. The van der Waals surface area contributed by atoms with Crippen molar-refractivity contribution in [3.63, 3.8) is 0 Å². The maximum atomic E-state index is 12.7. The van der Waals surface area contributed by atoms with E-state index < -0.39 is 16.8 Å². The minimum Gasteiger partial charge on any atom is -0.478 e. The Hall–Kier alpha value is -2.73. The lowest BCUT2D eigenvalue weighted by Crippen LogP contribution is -1.99. The van der Waals surface area contributed by atoms with Crippen LogP contribution in [-0.2, 0) is 16.6 Å². The number of carbonyl (C=O) groups is 1. The summed E-state index contributed by atoms with van der Waals surface area (Å²) in [7, 11) is -1.22. The molecule has 0 aliphatic heterocycles. The van der Waals surface area contributed by atoms with Crippen molar-refractivity contribution < 1.29 is 18.5 Å². The number of oxazole rings is 1. The molecular weight excluding hydrogens is 362 g/mol. The maximum Gasteiger partial charge on any atom is 0.335 e. The van der Waals surface area contributed by atoms with Crippen LogP contribution in [0.2, 0.25) is 0 Å². The van der Waals surface area contributed by atoms with Gasteiger partial charge in [-0.05, 0) is 54.8 Å². The molecule has 0 saturated heterocycles. The molecule has 0 bridgehead atoms. The van der Waals surface area contributed by atoms with Crippen LogP contribution in [0.1, 0.15) is 47.1 Å². The summed E-state index contributed by atoms with van der Waals surface area (Å²) >= 11 is 0. The van der Waals surface area contributed by atoms with Crippen LogP contribution in [-0.4, -0.2) is 20.3 Å². The molecule has 0 saturated carbocycles. The van der Waals surface area contributed by atoms with E-state index in [2.05, 4.69) is 18.8 Å². The average Bonchev–Trinajstić information content (AvgIpc) is 3.02. The molecular formula is C21H21NO4S. The van der Waals surface area contributed by atoms with Crippen molar-refractivity contribution in [1.29, 1.82) is 0 Å². The molecule has 1 N–H and O–H groups in total. The first-order chi connectivity index (χ1) is 12.8. The lowest BCUT2D eigenvalue weighted by Gasteiger charge is -2.06. The van der Waals surface area contributed by atoms with Gasteiger partial charge in [0.15, 0.2) is 0 Å². The van der Waals surface area contributed by atoms with Crippen molar-refractivity contribution in [2.45, 2.75) is 37.3 Å². The van der Waals surface area contributed by atoms with Crippen molar-refractivity contribution in [3.05, 3.63) is 71.1 Å². The normalized spacial score (nSPS) is 12.3. The van der Waals surface area contributed by atoms with Gasteiger partial charge in [-0.3, -0.25) is 4.21 Å². The Morgan fingerprint density at radius 3 is 2.30 bits per heavy atom. The van der Waals surface area contributed by atoms with Crippen LogP contribution in [0.4, 0.5) is 0 Å². The van der Waals surface area contributed by atoms with Gasteiger partial charge in [-0.15, -0.1) is 0 Å². The highest BCUT2D eigenvalue weighted by atomic mass is 32.2. The zero-order valence-corrected chi connectivity index (χ0v) is 16.2. The summed E-state index contributed by atoms with van der Waals surface area (Å²) in [6.07, 6.45) is 0. The molecule has 1 aromatic heterocycles. The number of nitrogens with zero attached hydrogens (tertiary/aromatic N) is 1. The fraction of sp³-hybridized carbons (Fsp3) is 0.238. The van der Waals surface area contributed by atoms with E-state index in [1.807, 2.05) is 24.3 Å². The Kier molecular flexibility index (Phi) is 5.56. The number of benzene rings is 2. The summed E-state index contributed by atoms with van der Waals surface area (Å²) in [5.74, 6) is 0.722. The van der Waals surface area contributed by atoms with Crippen LogP contribution in [0.3, 0.4) is 0 Å². The van der Waals surface area contributed by atoms with Gasteiger partial charge in [0.25, 0.3) is 0 Å². The fourth-order valence-electron chi connectivity index (χ4n) is 2.65. The van der Waals surface area contributed by atoms with Crippen molar-refractivity contribution in [1.82, 2.24) is 4.98 Å². The average molecular weight is 383 g/mol. The van der Waals surface area contributed by atoms with Gasteiger partial charge in [0.2, 0.25) is 5.89 Å². The predicted molar refractivity (Wildman–Crippen MR) is 104 cm³/mol. The molecule has 27 heavy (non-hydrogen) atoms. The molecule has 0 spiro atoms. The second kappa shape index (κ2) is 7.88. The molecule has 1 unspecified atom stereocenters. The summed E-state index contributed by atoms with van der Waals surface area (Å²) in [5.41, 5.74) is 2.73. The van der Waals surface area contributed by atoms with Gasteiger partial charge in [0.05, 0.1) is 27.8 Å². The topological polar surface area (TPSA) is 80.4 Å². The number of aromatic carboxylic acids is 1. The van der Waals surface area contributed by atoms with Crippen LogP contribution in [0.5, 0.6) is 0 Å². The highest BCUT2D eigenvalue weighted by Crippen LogP contribution is 2.24. The standard InChI is InChI=1S/C21H21NO4S/c1-13(2)15-8-10-18(11-9-15)27(25)12-19-14(3)26-20(22-19)16-4-6-17(7-5-16)21(23)24/h4-11,13H,12H2,1-3H3,(H,23,24). The van der Waals surface area contributed by atoms with Gasteiger partial charge in [-0.25, -0.2) is 9.78 Å². The van der Waals surface area contributed by atoms with Crippen LogP contribution in [0.25, 0.3) is 11.5 Å². The molecule has 140 valence electrons. The number of hydrogen-bond acceptors (Lipinski definition) is 4. The number of aryl methyl sites for hydroxylation is 1. The van der Waals surface area contributed by atoms with Crippen molar-refractivity contribution in [2.75, 3.05) is 0 Å². The molecule has 6 heteroatoms. The quantitative estimate of drug-likeness (QED) is 0.662. The smallest absolute Gasteiger partial charge is 0.335 e. The lowest BCUT2D eigenvalue weighted by atomic mass is 10.0. The molecule has 0 radical (unpaired) electrons. The van der Waals surface area contributed by atoms with Crippen LogP contribution in [0, 0.1) is 6.92 Å². The Morgan fingerprint density at radius 1 is 1.11 bits per heavy atom. The van der Waals surface area contributed by atoms with Gasteiger partial charge < -0.3 is 9.52 Å². The minimum absolute atomic E-state index is 0.202. The molecule has 3 aromatic rings. The van der Waals surface area contributed by atoms with Crippen molar-refractivity contribution >= 4 is 16.8 Å². The van der Waals surface area contributed by atoms with E-state index in [0.717, 1.165) is 4.90 Å². The molecule has 5 nitrogen and oxygen atoms in total. The van der Waals surface area contributed by atoms with Gasteiger partial charge >= 0.3 is 5.97 Å². The Labute approximate surface area is 160 Å². The highest BCUT2D eigenvalue weighted by Gasteiger charge is 2.16. The van der Waals surface area contributed by atoms with Gasteiger partial charge in [0.1, 0.15) is 5.76 Å². The molecule has 2 aromatic carbocycles. The lowest BCUT2D eigenvalue weighted by molar-refractivity contribution is 0.0697. The third-order valence-corrected chi connectivity index (χ3v) is 5.68. The largest absolute Gasteiger partial charge is 0.478 e. The molecule has 1 heterocycles. The number of carboxylic acid groups (broad SMARTS) is 1. The number of hydrogen-bond donors (Lipinski definition) is 1. The molecule has 0 aliphatic rings. The second-order valence-electron chi connectivity index (χ2n) is 6.62. The van der Waals surface area contributed by atoms with Gasteiger partial charge in [-0.2, -0.15) is 0 Å².